The third-order valence-electron chi connectivity index (χ3n) is 3.55. The molecule has 0 atom stereocenters. The lowest BCUT2D eigenvalue weighted by Crippen LogP contribution is -2.42. The summed E-state index contributed by atoms with van der Waals surface area (Å²) in [6.07, 6.45) is 6.21. The number of nitrogens with zero attached hydrogens (tertiary/aromatic N) is 4. The fraction of sp³-hybridized carbons (Fsp3) is 0.692. The van der Waals surface area contributed by atoms with Crippen LogP contribution < -0.4 is 10.2 Å². The zero-order valence-electron chi connectivity index (χ0n) is 11.6. The van der Waals surface area contributed by atoms with Crippen LogP contribution in [0.25, 0.3) is 0 Å². The summed E-state index contributed by atoms with van der Waals surface area (Å²) in [5.74, 6) is 0.868. The Morgan fingerprint density at radius 2 is 1.89 bits per heavy atom. The molecule has 0 aromatic carbocycles. The number of rotatable bonds is 4. The minimum atomic E-state index is 0.699. The fourth-order valence-corrected chi connectivity index (χ4v) is 2.39. The molecule has 0 amide bonds. The van der Waals surface area contributed by atoms with Crippen LogP contribution in [0, 0.1) is 0 Å². The topological polar surface area (TPSA) is 44.3 Å². The van der Waals surface area contributed by atoms with Crippen molar-refractivity contribution < 1.29 is 0 Å². The molecule has 100 valence electrons. The average molecular weight is 249 g/mol. The zero-order valence-corrected chi connectivity index (χ0v) is 11.6. The molecule has 0 radical (unpaired) electrons. The highest BCUT2D eigenvalue weighted by Gasteiger charge is 2.21. The standard InChI is InChI=1S/C13H23N5/c1-14-8-11-9-15-13(16-10-11)18-6-4-12(5-7-18)17(2)3/h9-10,12,14H,4-8H2,1-3H3. The summed E-state index contributed by atoms with van der Waals surface area (Å²) in [4.78, 5) is 13.5. The van der Waals surface area contributed by atoms with E-state index in [-0.39, 0.29) is 0 Å². The average Bonchev–Trinajstić information content (AvgIpc) is 2.40. The van der Waals surface area contributed by atoms with Crippen LogP contribution in [0.3, 0.4) is 0 Å². The van der Waals surface area contributed by atoms with Gasteiger partial charge in [-0.15, -0.1) is 0 Å². The second-order valence-corrected chi connectivity index (χ2v) is 5.10. The highest BCUT2D eigenvalue weighted by atomic mass is 15.3. The molecule has 2 rings (SSSR count). The molecule has 0 aliphatic carbocycles. The molecule has 1 aromatic rings. The van der Waals surface area contributed by atoms with Crippen molar-refractivity contribution in [2.45, 2.75) is 25.4 Å². The van der Waals surface area contributed by atoms with E-state index >= 15 is 0 Å². The largest absolute Gasteiger partial charge is 0.341 e. The molecule has 5 heteroatoms. The van der Waals surface area contributed by atoms with Crippen LogP contribution in [-0.2, 0) is 6.54 Å². The van der Waals surface area contributed by atoms with Crippen molar-refractivity contribution in [1.29, 1.82) is 0 Å². The molecule has 1 aliphatic heterocycles. The maximum absolute atomic E-state index is 4.45. The molecule has 2 heterocycles. The van der Waals surface area contributed by atoms with Gasteiger partial charge < -0.3 is 15.1 Å². The zero-order chi connectivity index (χ0) is 13.0. The number of hydrogen-bond acceptors (Lipinski definition) is 5. The van der Waals surface area contributed by atoms with Crippen molar-refractivity contribution in [2.75, 3.05) is 39.1 Å². The monoisotopic (exact) mass is 249 g/mol. The van der Waals surface area contributed by atoms with E-state index in [2.05, 4.69) is 39.2 Å². The van der Waals surface area contributed by atoms with Crippen LogP contribution in [0.4, 0.5) is 5.95 Å². The number of hydrogen-bond donors (Lipinski definition) is 1. The van der Waals surface area contributed by atoms with Gasteiger partial charge in [0.25, 0.3) is 0 Å². The lowest BCUT2D eigenvalue weighted by atomic mass is 10.0. The second-order valence-electron chi connectivity index (χ2n) is 5.10. The van der Waals surface area contributed by atoms with Gasteiger partial charge in [-0.3, -0.25) is 0 Å². The lowest BCUT2D eigenvalue weighted by Gasteiger charge is -2.35. The van der Waals surface area contributed by atoms with E-state index in [1.165, 1.54) is 12.8 Å². The number of nitrogens with one attached hydrogen (secondary N) is 1. The van der Waals surface area contributed by atoms with Gasteiger partial charge in [-0.25, -0.2) is 9.97 Å². The Morgan fingerprint density at radius 1 is 1.28 bits per heavy atom. The molecule has 1 fully saturated rings. The molecule has 18 heavy (non-hydrogen) atoms. The van der Waals surface area contributed by atoms with Crippen LogP contribution in [0.5, 0.6) is 0 Å². The van der Waals surface area contributed by atoms with E-state index < -0.39 is 0 Å². The first kappa shape index (κ1) is 13.2. The third-order valence-corrected chi connectivity index (χ3v) is 3.55. The van der Waals surface area contributed by atoms with Gasteiger partial charge in [0, 0.05) is 43.6 Å². The predicted molar refractivity (Wildman–Crippen MR) is 73.7 cm³/mol. The molecule has 1 saturated heterocycles. The molecule has 0 saturated carbocycles. The molecular formula is C13H23N5. The highest BCUT2D eigenvalue weighted by Crippen LogP contribution is 2.18. The van der Waals surface area contributed by atoms with Crippen molar-refractivity contribution >= 4 is 5.95 Å². The summed E-state index contributed by atoms with van der Waals surface area (Å²) >= 11 is 0. The lowest BCUT2D eigenvalue weighted by molar-refractivity contribution is 0.249. The maximum atomic E-state index is 4.45. The first-order chi connectivity index (χ1) is 8.70. The summed E-state index contributed by atoms with van der Waals surface area (Å²) in [5, 5.41) is 3.10. The number of piperidine rings is 1. The van der Waals surface area contributed by atoms with Crippen LogP contribution >= 0.6 is 0 Å². The Labute approximate surface area is 109 Å². The second kappa shape index (κ2) is 6.11. The van der Waals surface area contributed by atoms with Gasteiger partial charge in [-0.05, 0) is 34.0 Å². The Balaban J connectivity index is 1.93. The third kappa shape index (κ3) is 3.17. The Kier molecular flexibility index (Phi) is 4.49. The van der Waals surface area contributed by atoms with E-state index in [4.69, 9.17) is 0 Å². The van der Waals surface area contributed by atoms with Crippen molar-refractivity contribution in [3.05, 3.63) is 18.0 Å². The van der Waals surface area contributed by atoms with Crippen molar-refractivity contribution in [2.24, 2.45) is 0 Å². The van der Waals surface area contributed by atoms with E-state index in [9.17, 15) is 0 Å². The molecule has 0 spiro atoms. The molecule has 0 bridgehead atoms. The van der Waals surface area contributed by atoms with E-state index in [0.29, 0.717) is 6.04 Å². The Morgan fingerprint density at radius 3 is 2.39 bits per heavy atom. The molecular weight excluding hydrogens is 226 g/mol. The highest BCUT2D eigenvalue weighted by molar-refractivity contribution is 5.30. The quantitative estimate of drug-likeness (QED) is 0.852. The van der Waals surface area contributed by atoms with Crippen LogP contribution in [-0.4, -0.2) is 55.1 Å². The molecule has 5 nitrogen and oxygen atoms in total. The molecule has 1 aliphatic rings. The van der Waals surface area contributed by atoms with Crippen molar-refractivity contribution in [3.8, 4) is 0 Å². The van der Waals surface area contributed by atoms with Crippen LogP contribution in [0.15, 0.2) is 12.4 Å². The fourth-order valence-electron chi connectivity index (χ4n) is 2.39. The van der Waals surface area contributed by atoms with Gasteiger partial charge in [0.05, 0.1) is 0 Å². The smallest absolute Gasteiger partial charge is 0.225 e. The van der Waals surface area contributed by atoms with Gasteiger partial charge in [-0.1, -0.05) is 0 Å². The minimum Gasteiger partial charge on any atom is -0.341 e. The molecule has 1 aromatic heterocycles. The Bertz CT molecular complexity index is 354. The van der Waals surface area contributed by atoms with Crippen LogP contribution in [0.2, 0.25) is 0 Å². The van der Waals surface area contributed by atoms with Crippen LogP contribution in [0.1, 0.15) is 18.4 Å². The van der Waals surface area contributed by atoms with Crippen molar-refractivity contribution in [1.82, 2.24) is 20.2 Å². The number of anilines is 1. The Hall–Kier alpha value is -1.20. The van der Waals surface area contributed by atoms with E-state index in [0.717, 1.165) is 31.1 Å². The summed E-state index contributed by atoms with van der Waals surface area (Å²) in [6.45, 7) is 2.92. The van der Waals surface area contributed by atoms with Gasteiger partial charge in [0.1, 0.15) is 0 Å². The summed E-state index contributed by atoms with van der Waals surface area (Å²) in [7, 11) is 6.24. The first-order valence-corrected chi connectivity index (χ1v) is 6.57. The summed E-state index contributed by atoms with van der Waals surface area (Å²) < 4.78 is 0. The van der Waals surface area contributed by atoms with Crippen molar-refractivity contribution in [3.63, 3.8) is 0 Å². The van der Waals surface area contributed by atoms with Gasteiger partial charge in [0.15, 0.2) is 0 Å². The predicted octanol–water partition coefficient (Wildman–Crippen LogP) is 0.726. The van der Waals surface area contributed by atoms with E-state index in [1.807, 2.05) is 19.4 Å². The van der Waals surface area contributed by atoms with Gasteiger partial charge in [-0.2, -0.15) is 0 Å². The molecule has 0 unspecified atom stereocenters. The minimum absolute atomic E-state index is 0.699. The number of aromatic nitrogens is 2. The summed E-state index contributed by atoms with van der Waals surface area (Å²) in [6, 6.07) is 0.699. The molecule has 1 N–H and O–H groups in total. The maximum Gasteiger partial charge on any atom is 0.225 e. The van der Waals surface area contributed by atoms with Gasteiger partial charge >= 0.3 is 0 Å². The van der Waals surface area contributed by atoms with E-state index in [1.54, 1.807) is 0 Å². The van der Waals surface area contributed by atoms with Gasteiger partial charge in [0.2, 0.25) is 5.95 Å². The first-order valence-electron chi connectivity index (χ1n) is 6.57. The summed E-state index contributed by atoms with van der Waals surface area (Å²) in [5.41, 5.74) is 1.13. The normalized spacial score (nSPS) is 17.4. The SMILES string of the molecule is CNCc1cnc(N2CCC(N(C)C)CC2)nc1.